The van der Waals surface area contributed by atoms with Crippen LogP contribution in [0.25, 0.3) is 0 Å². The van der Waals surface area contributed by atoms with Gasteiger partial charge in [-0.3, -0.25) is 52.8 Å². The molecule has 0 radical (unpaired) electrons. The number of carbonyl (C=O) groups is 11. The zero-order valence-corrected chi connectivity index (χ0v) is 65.5. The average molecular weight is 1500 g/mol. The lowest BCUT2D eigenvalue weighted by atomic mass is 9.83. The molecule has 107 heavy (non-hydrogen) atoms. The average Bonchev–Trinajstić information content (AvgIpc) is 1.73. The summed E-state index contributed by atoms with van der Waals surface area (Å²) in [6.07, 6.45) is 0.598. The van der Waals surface area contributed by atoms with E-state index in [2.05, 4.69) is 21.3 Å². The number of anilines is 1. The van der Waals surface area contributed by atoms with Crippen LogP contribution in [-0.2, 0) is 70.3 Å². The number of halogens is 4. The van der Waals surface area contributed by atoms with Crippen LogP contribution < -0.4 is 31.7 Å². The van der Waals surface area contributed by atoms with Crippen molar-refractivity contribution in [2.45, 2.75) is 215 Å². The van der Waals surface area contributed by atoms with Gasteiger partial charge in [0.1, 0.15) is 5.78 Å². The van der Waals surface area contributed by atoms with E-state index in [0.717, 1.165) is 18.1 Å². The molecule has 13 atom stereocenters. The molecule has 0 bridgehead atoms. The Bertz CT molecular complexity index is 3490. The third kappa shape index (κ3) is 25.2. The Balaban J connectivity index is 1.18. The maximum absolute atomic E-state index is 14.7. The predicted molar refractivity (Wildman–Crippen MR) is 398 cm³/mol. The number of ketones is 3. The minimum absolute atomic E-state index is 0.000921. The lowest BCUT2D eigenvalue weighted by Crippen LogP contribution is -2.54. The van der Waals surface area contributed by atoms with Crippen molar-refractivity contribution in [3.63, 3.8) is 0 Å². The highest BCUT2D eigenvalue weighted by Gasteiger charge is 2.45. The molecule has 5 rings (SSSR count). The molecule has 2 heterocycles. The minimum atomic E-state index is -1.99. The number of ether oxygens (including phenoxy) is 3. The number of esters is 1. The Labute approximate surface area is 629 Å². The highest BCUT2D eigenvalue weighted by molar-refractivity contribution is 5.98. The standard InChI is InChI=1S/C80H117F4N9O14/c1-17-48(8)73(91(14)78(102)58(45(2)3)43-62(96)72(47(6)7)90(12)13)63(105-15)44-66(99)93-37-22-26-59(93)74(106-16)50(10)60(94)42-56(40-53-23-19-18-20-24-53)76(100)86-36-33-52-27-29-57(30-28-52)88-77(101)54(25-21-35-87-80(85)104)41-61(95)71(46(4)5)89-64(97)31-32-65(98)92-38-34-55(39-49(92)9)79(103)107-75-68(82)51(11)67(81)69(83)70(75)84/h18-20,23-24,27-30,45-50,54-56,58-59,63,71-74H,17,21-22,25-26,31-44H2,1-16H3,(H,86,100)(H,88,101)(H,89,97)(H3,85,87,104)/t48-,49?,50-,54+,55?,56+,58-,59-,63+,71-,72-,73-,74+/m0/s1. The van der Waals surface area contributed by atoms with Gasteiger partial charge in [-0.25, -0.2) is 18.0 Å². The number of nitrogens with one attached hydrogen (secondary N) is 4. The molecule has 27 heteroatoms. The maximum Gasteiger partial charge on any atom is 0.314 e. The molecular formula is C80H117F4N9O14. The fourth-order valence-corrected chi connectivity index (χ4v) is 15.1. The SMILES string of the molecule is CC[C@H](C)[C@@H]([C@@H](CC(=O)N1CCC[C@H]1[C@H](OC)[C@@H](C)C(=O)C[C@@H](Cc1ccccc1)C(=O)NCCc1ccc(NC(=O)[C@H](CCCNC(N)=O)CC(=O)[C@@H](NC(=O)CCC(=O)N2CCC(C(=O)Oc3c(F)c(C)c(F)c(F)c3F)CC2C)C(C)C)cc1)OC)N(C)C(=O)[C@@H](CC(=O)[C@H](C(C)C)N(C)C)C(C)C. The van der Waals surface area contributed by atoms with Crippen molar-refractivity contribution in [1.82, 2.24) is 35.6 Å². The van der Waals surface area contributed by atoms with Crippen LogP contribution in [0.5, 0.6) is 5.75 Å². The van der Waals surface area contributed by atoms with Crippen LogP contribution >= 0.6 is 0 Å². The van der Waals surface area contributed by atoms with E-state index in [9.17, 15) is 70.3 Å². The quantitative estimate of drug-likeness (QED) is 0.00880. The molecule has 6 N–H and O–H groups in total. The summed E-state index contributed by atoms with van der Waals surface area (Å²) in [5.41, 5.74) is 6.48. The minimum Gasteiger partial charge on any atom is -0.420 e. The van der Waals surface area contributed by atoms with Gasteiger partial charge in [-0.1, -0.05) is 111 Å². The Morgan fingerprint density at radius 2 is 1.32 bits per heavy atom. The van der Waals surface area contributed by atoms with Crippen LogP contribution in [0.1, 0.15) is 169 Å². The number of methoxy groups -OCH3 is 2. The van der Waals surface area contributed by atoms with Crippen molar-refractivity contribution in [3.8, 4) is 5.75 Å². The van der Waals surface area contributed by atoms with E-state index >= 15 is 0 Å². The summed E-state index contributed by atoms with van der Waals surface area (Å²) in [6, 6.07) is 12.5. The summed E-state index contributed by atoms with van der Waals surface area (Å²) in [4.78, 5) is 158. The molecule has 2 unspecified atom stereocenters. The third-order valence-electron chi connectivity index (χ3n) is 21.4. The van der Waals surface area contributed by atoms with Gasteiger partial charge in [0, 0.05) is 121 Å². The second-order valence-electron chi connectivity index (χ2n) is 30.4. The van der Waals surface area contributed by atoms with E-state index in [4.69, 9.17) is 19.9 Å². The number of urea groups is 1. The number of hydrogen-bond acceptors (Lipinski definition) is 15. The van der Waals surface area contributed by atoms with Crippen LogP contribution in [0.15, 0.2) is 54.6 Å². The van der Waals surface area contributed by atoms with Gasteiger partial charge in [0.25, 0.3) is 0 Å². The number of likely N-dealkylation sites (tertiary alicyclic amines) is 2. The lowest BCUT2D eigenvalue weighted by molar-refractivity contribution is -0.149. The molecule has 0 aliphatic carbocycles. The molecule has 2 fully saturated rings. The van der Waals surface area contributed by atoms with E-state index in [1.807, 2.05) is 90.9 Å². The Hall–Kier alpha value is -8.17. The van der Waals surface area contributed by atoms with Gasteiger partial charge in [0.15, 0.2) is 29.0 Å². The van der Waals surface area contributed by atoms with Crippen LogP contribution in [0.4, 0.5) is 28.0 Å². The molecule has 0 spiro atoms. The molecule has 2 aliphatic rings. The lowest BCUT2D eigenvalue weighted by Gasteiger charge is -2.41. The van der Waals surface area contributed by atoms with Crippen molar-refractivity contribution in [2.24, 2.45) is 59.0 Å². The van der Waals surface area contributed by atoms with E-state index in [-0.39, 0.29) is 143 Å². The van der Waals surface area contributed by atoms with Crippen LogP contribution in [0.2, 0.25) is 0 Å². The molecule has 3 aromatic rings. The van der Waals surface area contributed by atoms with Gasteiger partial charge in [-0.15, -0.1) is 0 Å². The zero-order chi connectivity index (χ0) is 79.8. The first-order valence-corrected chi connectivity index (χ1v) is 37.7. The van der Waals surface area contributed by atoms with Gasteiger partial charge >= 0.3 is 12.0 Å². The van der Waals surface area contributed by atoms with E-state index in [0.29, 0.717) is 37.9 Å². The summed E-state index contributed by atoms with van der Waals surface area (Å²) in [5, 5.41) is 11.1. The van der Waals surface area contributed by atoms with Crippen molar-refractivity contribution < 1.29 is 84.5 Å². The summed E-state index contributed by atoms with van der Waals surface area (Å²) in [5.74, 6) is -17.3. The first kappa shape index (κ1) is 89.5. The number of rotatable bonds is 42. The number of nitrogens with zero attached hydrogens (tertiary/aromatic N) is 4. The number of carbonyl (C=O) groups excluding carboxylic acids is 11. The van der Waals surface area contributed by atoms with Crippen LogP contribution in [0.3, 0.4) is 0 Å². The predicted octanol–water partition coefficient (Wildman–Crippen LogP) is 9.88. The highest BCUT2D eigenvalue weighted by atomic mass is 19.2. The van der Waals surface area contributed by atoms with Crippen molar-refractivity contribution in [3.05, 3.63) is 94.6 Å². The normalized spacial score (nSPS) is 18.1. The van der Waals surface area contributed by atoms with Crippen LogP contribution in [-0.4, -0.2) is 188 Å². The number of piperidine rings is 1. The number of amides is 8. The Kier molecular flexibility index (Phi) is 35.6. The summed E-state index contributed by atoms with van der Waals surface area (Å²) < 4.78 is 74.1. The zero-order valence-electron chi connectivity index (χ0n) is 65.5. The van der Waals surface area contributed by atoms with Gasteiger partial charge < -0.3 is 55.9 Å². The molecule has 2 saturated heterocycles. The number of likely N-dealkylation sites (N-methyl/N-ethyl adjacent to an activating group) is 2. The van der Waals surface area contributed by atoms with E-state index in [1.54, 1.807) is 75.9 Å². The number of benzene rings is 3. The summed E-state index contributed by atoms with van der Waals surface area (Å²) in [7, 11) is 8.55. The maximum atomic E-state index is 14.7. The van der Waals surface area contributed by atoms with Crippen molar-refractivity contribution in [1.29, 1.82) is 0 Å². The molecular weight excluding hydrogens is 1390 g/mol. The highest BCUT2D eigenvalue weighted by Crippen LogP contribution is 2.35. The third-order valence-corrected chi connectivity index (χ3v) is 21.4. The Morgan fingerprint density at radius 3 is 1.90 bits per heavy atom. The van der Waals surface area contributed by atoms with E-state index in [1.165, 1.54) is 12.0 Å². The van der Waals surface area contributed by atoms with Gasteiger partial charge in [-0.05, 0) is 126 Å². The second kappa shape index (κ2) is 42.5. The summed E-state index contributed by atoms with van der Waals surface area (Å²) >= 11 is 0. The molecule has 23 nitrogen and oxygen atoms in total. The van der Waals surface area contributed by atoms with Crippen molar-refractivity contribution in [2.75, 3.05) is 66.9 Å². The summed E-state index contributed by atoms with van der Waals surface area (Å²) in [6.45, 7) is 20.4. The first-order chi connectivity index (χ1) is 50.5. The Morgan fingerprint density at radius 1 is 0.664 bits per heavy atom. The molecule has 0 aromatic heterocycles. The van der Waals surface area contributed by atoms with E-state index < -0.39 is 142 Å². The van der Waals surface area contributed by atoms with Crippen LogP contribution in [0, 0.1) is 83.5 Å². The largest absolute Gasteiger partial charge is 0.420 e. The van der Waals surface area contributed by atoms with Gasteiger partial charge in [-0.2, -0.15) is 4.39 Å². The van der Waals surface area contributed by atoms with Crippen molar-refractivity contribution >= 4 is 70.5 Å². The number of nitrogens with two attached hydrogens (primary N) is 1. The first-order valence-electron chi connectivity index (χ1n) is 37.7. The fourth-order valence-electron chi connectivity index (χ4n) is 15.1. The molecule has 8 amide bonds. The van der Waals surface area contributed by atoms with Gasteiger partial charge in [0.05, 0.1) is 48.7 Å². The molecule has 2 aliphatic heterocycles. The fraction of sp³-hybridized carbons (Fsp3) is 0.637. The molecule has 0 saturated carbocycles. The number of hydrogen-bond donors (Lipinski definition) is 5. The topological polar surface area (TPSA) is 303 Å². The second-order valence-corrected chi connectivity index (χ2v) is 30.4. The number of primary amides is 1. The molecule has 3 aromatic carbocycles. The monoisotopic (exact) mass is 1500 g/mol. The smallest absolute Gasteiger partial charge is 0.314 e. The van der Waals surface area contributed by atoms with Gasteiger partial charge in [0.2, 0.25) is 47.0 Å². The number of Topliss-reactive ketones (excluding diaryl/α,β-unsaturated/α-hetero) is 3. The molecule has 594 valence electrons.